The molecule has 7 nitrogen and oxygen atoms in total. The van der Waals surface area contributed by atoms with E-state index in [-0.39, 0.29) is 15.3 Å². The van der Waals surface area contributed by atoms with Crippen LogP contribution in [0.15, 0.2) is 52.2 Å². The molecule has 0 bridgehead atoms. The topological polar surface area (TPSA) is 97.3 Å². The number of nitrogens with one attached hydrogen (secondary N) is 2. The zero-order valence-electron chi connectivity index (χ0n) is 14.1. The Morgan fingerprint density at radius 3 is 2.65 bits per heavy atom. The largest absolute Gasteiger partial charge is 0.322 e. The first-order valence-electron chi connectivity index (χ1n) is 7.84. The van der Waals surface area contributed by atoms with E-state index in [1.54, 1.807) is 22.8 Å². The second-order valence-electron chi connectivity index (χ2n) is 5.48. The number of carbonyl (C=O) groups excluding carboxylic acids is 1. The van der Waals surface area contributed by atoms with E-state index in [1.807, 2.05) is 6.92 Å². The molecule has 3 rings (SSSR count). The number of rotatable bonds is 5. The quantitative estimate of drug-likeness (QED) is 0.697. The number of carbonyl (C=O) groups is 1. The molecule has 0 atom stereocenters. The number of fused-ring (bicyclic) bond motifs is 1. The van der Waals surface area contributed by atoms with Gasteiger partial charge in [0, 0.05) is 17.8 Å². The minimum atomic E-state index is -3.63. The highest BCUT2D eigenvalue weighted by Crippen LogP contribution is 2.22. The van der Waals surface area contributed by atoms with Gasteiger partial charge in [0.1, 0.15) is 0 Å². The monoisotopic (exact) mass is 391 g/mol. The smallest absolute Gasteiger partial charge is 0.308 e. The van der Waals surface area contributed by atoms with Crippen LogP contribution in [0.3, 0.4) is 0 Å². The number of thiazole rings is 1. The summed E-state index contributed by atoms with van der Waals surface area (Å²) in [7, 11) is -2.32. The van der Waals surface area contributed by atoms with Crippen LogP contribution in [0.5, 0.6) is 0 Å². The lowest BCUT2D eigenvalue weighted by Crippen LogP contribution is -2.19. The van der Waals surface area contributed by atoms with Gasteiger partial charge in [0.25, 0.3) is 5.91 Å². The third-order valence-corrected chi connectivity index (χ3v) is 6.27. The van der Waals surface area contributed by atoms with Gasteiger partial charge in [0.2, 0.25) is 10.0 Å². The molecule has 0 aliphatic rings. The number of nitrogens with zero attached hydrogens (tertiary/aromatic N) is 1. The molecule has 0 unspecified atom stereocenters. The van der Waals surface area contributed by atoms with Gasteiger partial charge in [-0.1, -0.05) is 17.4 Å². The van der Waals surface area contributed by atoms with E-state index in [0.717, 1.165) is 21.6 Å². The Morgan fingerprint density at radius 1 is 1.19 bits per heavy atom. The standard InChI is InChI=1S/C17H17N3O4S2/c1-3-20-14-8-7-12(10-15(14)25-17(20)22)19-16(21)11-5-4-6-13(9-11)26(23,24)18-2/h4-10,18H,3H2,1-2H3,(H,19,21). The van der Waals surface area contributed by atoms with Gasteiger partial charge in [-0.15, -0.1) is 0 Å². The maximum absolute atomic E-state index is 12.5. The van der Waals surface area contributed by atoms with Crippen LogP contribution in [0.2, 0.25) is 0 Å². The van der Waals surface area contributed by atoms with Gasteiger partial charge in [-0.25, -0.2) is 13.1 Å². The maximum atomic E-state index is 12.5. The van der Waals surface area contributed by atoms with Crippen LogP contribution in [0, 0.1) is 0 Å². The third-order valence-electron chi connectivity index (χ3n) is 3.92. The van der Waals surface area contributed by atoms with E-state index >= 15 is 0 Å². The molecule has 0 saturated carbocycles. The Kier molecular flexibility index (Phi) is 4.94. The van der Waals surface area contributed by atoms with Crippen LogP contribution in [0.1, 0.15) is 17.3 Å². The van der Waals surface area contributed by atoms with E-state index in [9.17, 15) is 18.0 Å². The van der Waals surface area contributed by atoms with Crippen LogP contribution in [-0.4, -0.2) is 25.9 Å². The highest BCUT2D eigenvalue weighted by atomic mass is 32.2. The number of anilines is 1. The number of benzene rings is 2. The van der Waals surface area contributed by atoms with Crippen molar-refractivity contribution in [2.45, 2.75) is 18.4 Å². The van der Waals surface area contributed by atoms with Crippen LogP contribution in [-0.2, 0) is 16.6 Å². The fourth-order valence-corrected chi connectivity index (χ4v) is 4.34. The number of aryl methyl sites for hydroxylation is 1. The van der Waals surface area contributed by atoms with Gasteiger partial charge >= 0.3 is 4.87 Å². The van der Waals surface area contributed by atoms with E-state index in [2.05, 4.69) is 10.0 Å². The Balaban J connectivity index is 1.90. The summed E-state index contributed by atoms with van der Waals surface area (Å²) in [4.78, 5) is 24.3. The molecule has 9 heteroatoms. The van der Waals surface area contributed by atoms with Crippen molar-refractivity contribution in [1.29, 1.82) is 0 Å². The van der Waals surface area contributed by atoms with Gasteiger partial charge in [-0.2, -0.15) is 0 Å². The van der Waals surface area contributed by atoms with Crippen molar-refractivity contribution in [2.75, 3.05) is 12.4 Å². The van der Waals surface area contributed by atoms with Crippen molar-refractivity contribution >= 4 is 43.2 Å². The fraction of sp³-hybridized carbons (Fsp3) is 0.176. The molecule has 2 N–H and O–H groups in total. The van der Waals surface area contributed by atoms with Crippen LogP contribution < -0.4 is 14.9 Å². The molecule has 0 radical (unpaired) electrons. The number of hydrogen-bond donors (Lipinski definition) is 2. The Hall–Kier alpha value is -2.49. The summed E-state index contributed by atoms with van der Waals surface area (Å²) >= 11 is 1.12. The average Bonchev–Trinajstić information content (AvgIpc) is 2.95. The molecule has 1 aromatic heterocycles. The van der Waals surface area contributed by atoms with Gasteiger partial charge in [0.15, 0.2) is 0 Å². The normalized spacial score (nSPS) is 11.6. The SMILES string of the molecule is CCn1c(=O)sc2cc(NC(=O)c3cccc(S(=O)(=O)NC)c3)ccc21. The molecule has 0 spiro atoms. The predicted molar refractivity (Wildman–Crippen MR) is 102 cm³/mol. The van der Waals surface area contributed by atoms with Crippen molar-refractivity contribution in [3.8, 4) is 0 Å². The summed E-state index contributed by atoms with van der Waals surface area (Å²) in [5.74, 6) is -0.431. The van der Waals surface area contributed by atoms with E-state index in [1.165, 1.54) is 31.3 Å². The molecular weight excluding hydrogens is 374 g/mol. The fourth-order valence-electron chi connectivity index (χ4n) is 2.57. The zero-order chi connectivity index (χ0) is 18.9. The second-order valence-corrected chi connectivity index (χ2v) is 8.36. The molecule has 26 heavy (non-hydrogen) atoms. The lowest BCUT2D eigenvalue weighted by atomic mass is 10.2. The molecule has 2 aromatic carbocycles. The van der Waals surface area contributed by atoms with E-state index in [0.29, 0.717) is 12.2 Å². The number of sulfonamides is 1. The highest BCUT2D eigenvalue weighted by molar-refractivity contribution is 7.89. The van der Waals surface area contributed by atoms with Gasteiger partial charge in [-0.3, -0.25) is 14.2 Å². The number of aromatic nitrogens is 1. The second kappa shape index (κ2) is 7.02. The lowest BCUT2D eigenvalue weighted by Gasteiger charge is -2.08. The highest BCUT2D eigenvalue weighted by Gasteiger charge is 2.15. The molecule has 0 aliphatic heterocycles. The van der Waals surface area contributed by atoms with E-state index < -0.39 is 15.9 Å². The van der Waals surface area contributed by atoms with Gasteiger partial charge in [0.05, 0.1) is 15.1 Å². The molecule has 0 fully saturated rings. The number of amides is 1. The minimum Gasteiger partial charge on any atom is -0.322 e. The first kappa shape index (κ1) is 18.3. The third kappa shape index (κ3) is 3.41. The van der Waals surface area contributed by atoms with Crippen molar-refractivity contribution in [1.82, 2.24) is 9.29 Å². The van der Waals surface area contributed by atoms with Crippen LogP contribution in [0.25, 0.3) is 10.2 Å². The molecule has 136 valence electrons. The predicted octanol–water partition coefficient (Wildman–Crippen LogP) is 2.24. The first-order chi connectivity index (χ1) is 12.4. The summed E-state index contributed by atoms with van der Waals surface area (Å²) < 4.78 is 28.4. The zero-order valence-corrected chi connectivity index (χ0v) is 15.8. The van der Waals surface area contributed by atoms with Gasteiger partial charge in [-0.05, 0) is 50.4 Å². The summed E-state index contributed by atoms with van der Waals surface area (Å²) in [6, 6.07) is 11.0. The molecule has 1 amide bonds. The first-order valence-corrected chi connectivity index (χ1v) is 10.1. The molecular formula is C17H17N3O4S2. The minimum absolute atomic E-state index is 0.0151. The summed E-state index contributed by atoms with van der Waals surface area (Å²) in [5, 5.41) is 2.73. The summed E-state index contributed by atoms with van der Waals surface area (Å²) in [6.45, 7) is 2.48. The Labute approximate surface area is 154 Å². The van der Waals surface area contributed by atoms with E-state index in [4.69, 9.17) is 0 Å². The average molecular weight is 391 g/mol. The van der Waals surface area contributed by atoms with Crippen molar-refractivity contribution in [3.05, 3.63) is 57.7 Å². The van der Waals surface area contributed by atoms with Crippen LogP contribution in [0.4, 0.5) is 5.69 Å². The summed E-state index contributed by atoms with van der Waals surface area (Å²) in [5.41, 5.74) is 1.58. The lowest BCUT2D eigenvalue weighted by molar-refractivity contribution is 0.102. The summed E-state index contributed by atoms with van der Waals surface area (Å²) in [6.07, 6.45) is 0. The Morgan fingerprint density at radius 2 is 1.96 bits per heavy atom. The number of hydrogen-bond acceptors (Lipinski definition) is 5. The van der Waals surface area contributed by atoms with Crippen molar-refractivity contribution in [2.24, 2.45) is 0 Å². The molecule has 1 heterocycles. The Bertz CT molecular complexity index is 1150. The van der Waals surface area contributed by atoms with Crippen LogP contribution >= 0.6 is 11.3 Å². The molecule has 3 aromatic rings. The van der Waals surface area contributed by atoms with Crippen molar-refractivity contribution in [3.63, 3.8) is 0 Å². The van der Waals surface area contributed by atoms with Crippen molar-refractivity contribution < 1.29 is 13.2 Å². The van der Waals surface area contributed by atoms with Gasteiger partial charge < -0.3 is 5.32 Å². The maximum Gasteiger partial charge on any atom is 0.308 e. The molecule has 0 saturated heterocycles. The molecule has 0 aliphatic carbocycles.